The van der Waals surface area contributed by atoms with Gasteiger partial charge < -0.3 is 15.2 Å². The van der Waals surface area contributed by atoms with Crippen LogP contribution in [0.3, 0.4) is 0 Å². The second-order valence-corrected chi connectivity index (χ2v) is 6.43. The first-order valence-electron chi connectivity index (χ1n) is 8.06. The smallest absolute Gasteiger partial charge is 0.234 e. The molecule has 0 saturated carbocycles. The highest BCUT2D eigenvalue weighted by atomic mass is 35.5. The molecule has 2 heterocycles. The van der Waals surface area contributed by atoms with Gasteiger partial charge in [-0.2, -0.15) is 0 Å². The molecule has 0 spiro atoms. The fraction of sp³-hybridized carbons (Fsp3) is 0.412. The van der Waals surface area contributed by atoms with Crippen LogP contribution in [0.5, 0.6) is 0 Å². The van der Waals surface area contributed by atoms with E-state index in [1.165, 1.54) is 0 Å². The lowest BCUT2D eigenvalue weighted by atomic mass is 10.1. The van der Waals surface area contributed by atoms with Crippen LogP contribution in [0, 0.1) is 0 Å². The number of hydrogen-bond donors (Lipinski definition) is 2. The molecule has 1 aliphatic heterocycles. The Morgan fingerprint density at radius 2 is 2.21 bits per heavy atom. The number of nitrogens with one attached hydrogen (secondary N) is 2. The Morgan fingerprint density at radius 1 is 1.42 bits per heavy atom. The minimum atomic E-state index is 0.0195. The molecule has 6 nitrogen and oxygen atoms in total. The summed E-state index contributed by atoms with van der Waals surface area (Å²) < 4.78 is 2.01. The Hall–Kier alpha value is -1.89. The molecule has 7 heteroatoms. The summed E-state index contributed by atoms with van der Waals surface area (Å²) in [6, 6.07) is 7.61. The van der Waals surface area contributed by atoms with E-state index >= 15 is 0 Å². The lowest BCUT2D eigenvalue weighted by molar-refractivity contribution is -0.123. The number of aryl methyl sites for hydroxylation is 1. The van der Waals surface area contributed by atoms with Crippen LogP contribution in [-0.2, 0) is 18.4 Å². The number of nitrogens with zero attached hydrogens (tertiary/aromatic N) is 3. The number of imidazole rings is 1. The third-order valence-electron chi connectivity index (χ3n) is 4.26. The number of amides is 1. The van der Waals surface area contributed by atoms with E-state index in [1.54, 1.807) is 6.20 Å². The van der Waals surface area contributed by atoms with Crippen molar-refractivity contribution < 1.29 is 4.79 Å². The predicted molar refractivity (Wildman–Crippen MR) is 93.7 cm³/mol. The van der Waals surface area contributed by atoms with Crippen molar-refractivity contribution in [2.75, 3.05) is 26.2 Å². The van der Waals surface area contributed by atoms with Crippen molar-refractivity contribution in [1.29, 1.82) is 0 Å². The zero-order valence-electron chi connectivity index (χ0n) is 13.7. The fourth-order valence-electron chi connectivity index (χ4n) is 2.93. The number of benzene rings is 1. The lowest BCUT2D eigenvalue weighted by Gasteiger charge is -2.35. The fourth-order valence-corrected chi connectivity index (χ4v) is 3.06. The molecule has 1 aliphatic rings. The maximum absolute atomic E-state index is 12.3. The molecule has 2 aromatic rings. The molecule has 1 amide bonds. The monoisotopic (exact) mass is 347 g/mol. The van der Waals surface area contributed by atoms with Gasteiger partial charge in [0.2, 0.25) is 5.91 Å². The van der Waals surface area contributed by atoms with E-state index in [2.05, 4.69) is 20.5 Å². The van der Waals surface area contributed by atoms with Crippen LogP contribution in [0.4, 0.5) is 0 Å². The average Bonchev–Trinajstić information content (AvgIpc) is 3.01. The summed E-state index contributed by atoms with van der Waals surface area (Å²) in [6.45, 7) is 3.38. The van der Waals surface area contributed by atoms with E-state index in [0.29, 0.717) is 18.1 Å². The van der Waals surface area contributed by atoms with Crippen molar-refractivity contribution in [2.45, 2.75) is 12.6 Å². The molecule has 3 rings (SSSR count). The van der Waals surface area contributed by atoms with Crippen molar-refractivity contribution in [3.8, 4) is 0 Å². The van der Waals surface area contributed by atoms with Crippen molar-refractivity contribution in [1.82, 2.24) is 25.1 Å². The van der Waals surface area contributed by atoms with Gasteiger partial charge in [0.1, 0.15) is 5.82 Å². The molecule has 1 saturated heterocycles. The highest BCUT2D eigenvalue weighted by Gasteiger charge is 2.28. The van der Waals surface area contributed by atoms with Gasteiger partial charge in [-0.3, -0.25) is 9.69 Å². The topological polar surface area (TPSA) is 62.2 Å². The van der Waals surface area contributed by atoms with Gasteiger partial charge in [-0.25, -0.2) is 4.98 Å². The zero-order valence-corrected chi connectivity index (χ0v) is 14.5. The largest absolute Gasteiger partial charge is 0.351 e. The maximum Gasteiger partial charge on any atom is 0.234 e. The molecule has 24 heavy (non-hydrogen) atoms. The van der Waals surface area contributed by atoms with E-state index < -0.39 is 0 Å². The van der Waals surface area contributed by atoms with Crippen LogP contribution >= 0.6 is 11.6 Å². The Kier molecular flexibility index (Phi) is 5.50. The Labute approximate surface area is 146 Å². The van der Waals surface area contributed by atoms with Gasteiger partial charge in [0.25, 0.3) is 0 Å². The van der Waals surface area contributed by atoms with Crippen molar-refractivity contribution in [3.63, 3.8) is 0 Å². The minimum absolute atomic E-state index is 0.0195. The summed E-state index contributed by atoms with van der Waals surface area (Å²) in [7, 11) is 1.98. The molecule has 1 unspecified atom stereocenters. The van der Waals surface area contributed by atoms with Crippen LogP contribution in [0.15, 0.2) is 36.7 Å². The number of rotatable bonds is 5. The third kappa shape index (κ3) is 4.14. The number of hydrogen-bond acceptors (Lipinski definition) is 4. The van der Waals surface area contributed by atoms with Crippen LogP contribution in [0.1, 0.15) is 17.4 Å². The van der Waals surface area contributed by atoms with Crippen molar-refractivity contribution in [3.05, 3.63) is 53.1 Å². The Balaban J connectivity index is 1.57. The number of carbonyl (C=O) groups is 1. The summed E-state index contributed by atoms with van der Waals surface area (Å²) in [5.74, 6) is 0.999. The normalized spacial score (nSPS) is 18.5. The van der Waals surface area contributed by atoms with E-state index in [9.17, 15) is 4.79 Å². The first-order chi connectivity index (χ1) is 11.6. The van der Waals surface area contributed by atoms with Gasteiger partial charge in [-0.1, -0.05) is 23.7 Å². The van der Waals surface area contributed by atoms with Gasteiger partial charge in [0.05, 0.1) is 12.6 Å². The molecule has 1 aromatic carbocycles. The number of halogens is 1. The average molecular weight is 348 g/mol. The summed E-state index contributed by atoms with van der Waals surface area (Å²) in [5.41, 5.74) is 1.04. The van der Waals surface area contributed by atoms with Crippen LogP contribution in [0.2, 0.25) is 5.02 Å². The molecule has 0 radical (unpaired) electrons. The van der Waals surface area contributed by atoms with E-state index in [-0.39, 0.29) is 11.9 Å². The van der Waals surface area contributed by atoms with Gasteiger partial charge in [0, 0.05) is 50.6 Å². The van der Waals surface area contributed by atoms with Crippen LogP contribution < -0.4 is 10.6 Å². The third-order valence-corrected chi connectivity index (χ3v) is 4.51. The Bertz CT molecular complexity index is 685. The highest BCUT2D eigenvalue weighted by Crippen LogP contribution is 2.19. The molecule has 1 fully saturated rings. The maximum atomic E-state index is 12.3. The molecule has 128 valence electrons. The molecule has 2 N–H and O–H groups in total. The zero-order chi connectivity index (χ0) is 16.9. The number of carbonyl (C=O) groups excluding carboxylic acids is 1. The predicted octanol–water partition coefficient (Wildman–Crippen LogP) is 1.34. The molecule has 0 aliphatic carbocycles. The van der Waals surface area contributed by atoms with E-state index in [4.69, 9.17) is 11.6 Å². The van der Waals surface area contributed by atoms with E-state index in [0.717, 1.165) is 31.0 Å². The minimum Gasteiger partial charge on any atom is -0.351 e. The van der Waals surface area contributed by atoms with Gasteiger partial charge in [0.15, 0.2) is 0 Å². The van der Waals surface area contributed by atoms with Gasteiger partial charge in [-0.15, -0.1) is 0 Å². The van der Waals surface area contributed by atoms with Crippen molar-refractivity contribution in [2.24, 2.45) is 7.05 Å². The standard InChI is InChI=1S/C17H22ClN5O/c1-22-8-7-20-17(22)15-11-19-6-9-23(15)12-16(24)21-10-13-2-4-14(18)5-3-13/h2-5,7-8,15,19H,6,9-12H2,1H3,(H,21,24). The van der Waals surface area contributed by atoms with Gasteiger partial charge >= 0.3 is 0 Å². The van der Waals surface area contributed by atoms with Crippen molar-refractivity contribution >= 4 is 17.5 Å². The molecule has 0 bridgehead atoms. The van der Waals surface area contributed by atoms with Crippen LogP contribution in [-0.4, -0.2) is 46.5 Å². The highest BCUT2D eigenvalue weighted by molar-refractivity contribution is 6.30. The summed E-state index contributed by atoms with van der Waals surface area (Å²) in [5, 5.41) is 7.05. The second kappa shape index (κ2) is 7.79. The summed E-state index contributed by atoms with van der Waals surface area (Å²) in [4.78, 5) is 18.9. The summed E-state index contributed by atoms with van der Waals surface area (Å²) in [6.07, 6.45) is 3.73. The first kappa shape index (κ1) is 17.0. The summed E-state index contributed by atoms with van der Waals surface area (Å²) >= 11 is 5.87. The van der Waals surface area contributed by atoms with E-state index in [1.807, 2.05) is 42.1 Å². The molecule has 1 aromatic heterocycles. The molecular weight excluding hydrogens is 326 g/mol. The van der Waals surface area contributed by atoms with Gasteiger partial charge in [-0.05, 0) is 17.7 Å². The SMILES string of the molecule is Cn1ccnc1C1CNCCN1CC(=O)NCc1ccc(Cl)cc1. The number of piperazine rings is 1. The number of aromatic nitrogens is 2. The first-order valence-corrected chi connectivity index (χ1v) is 8.44. The van der Waals surface area contributed by atoms with Crippen LogP contribution in [0.25, 0.3) is 0 Å². The quantitative estimate of drug-likeness (QED) is 0.856. The lowest BCUT2D eigenvalue weighted by Crippen LogP contribution is -2.50. The second-order valence-electron chi connectivity index (χ2n) is 5.99. The molecule has 1 atom stereocenters. The molecular formula is C17H22ClN5O. The Morgan fingerprint density at radius 3 is 2.92 bits per heavy atom.